The Hall–Kier alpha value is -1.35. The van der Waals surface area contributed by atoms with Crippen molar-refractivity contribution in [3.63, 3.8) is 0 Å². The lowest BCUT2D eigenvalue weighted by Crippen LogP contribution is -2.33. The molecule has 0 heterocycles. The van der Waals surface area contributed by atoms with Gasteiger partial charge in [-0.25, -0.2) is 0 Å². The molecular weight excluding hydrogens is 238 g/mol. The molecule has 0 bridgehead atoms. The molecule has 1 aromatic rings. The first-order chi connectivity index (χ1) is 9.06. The average Bonchev–Trinajstić information content (AvgIpc) is 2.77. The van der Waals surface area contributed by atoms with Crippen LogP contribution < -0.4 is 5.32 Å². The fraction of sp³-hybridized carbons (Fsp3) is 0.562. The quantitative estimate of drug-likeness (QED) is 0.872. The molecule has 0 aliphatic heterocycles. The van der Waals surface area contributed by atoms with E-state index in [1.165, 1.54) is 5.56 Å². The van der Waals surface area contributed by atoms with Crippen LogP contribution in [0.4, 0.5) is 0 Å². The van der Waals surface area contributed by atoms with Crippen LogP contribution >= 0.6 is 0 Å². The summed E-state index contributed by atoms with van der Waals surface area (Å²) in [6.07, 6.45) is 3.15. The van der Waals surface area contributed by atoms with Crippen LogP contribution in [0.3, 0.4) is 0 Å². The molecule has 1 aliphatic rings. The molecular formula is C16H23NO2. The summed E-state index contributed by atoms with van der Waals surface area (Å²) in [6.45, 7) is 4.67. The number of nitrogens with one attached hydrogen (secondary N) is 1. The number of aryl methyl sites for hydroxylation is 2. The van der Waals surface area contributed by atoms with Gasteiger partial charge in [0.15, 0.2) is 0 Å². The minimum Gasteiger partial charge on any atom is -0.393 e. The van der Waals surface area contributed by atoms with E-state index in [1.54, 1.807) is 0 Å². The Labute approximate surface area is 115 Å². The number of aliphatic hydroxyl groups excluding tert-OH is 1. The molecule has 1 amide bonds. The van der Waals surface area contributed by atoms with Gasteiger partial charge in [-0.05, 0) is 37.8 Å². The number of rotatable bonds is 4. The van der Waals surface area contributed by atoms with Crippen molar-refractivity contribution in [2.24, 2.45) is 5.92 Å². The zero-order valence-electron chi connectivity index (χ0n) is 11.8. The number of aliphatic hydroxyl groups is 1. The minimum atomic E-state index is -0.235. The van der Waals surface area contributed by atoms with Crippen LogP contribution in [-0.2, 0) is 11.2 Å². The summed E-state index contributed by atoms with van der Waals surface area (Å²) in [5.74, 6) is 0.287. The predicted molar refractivity (Wildman–Crippen MR) is 76.0 cm³/mol. The fourth-order valence-corrected chi connectivity index (χ4v) is 2.73. The number of hydrogen-bond acceptors (Lipinski definition) is 2. The smallest absolute Gasteiger partial charge is 0.224 e. The first-order valence-electron chi connectivity index (χ1n) is 7.07. The molecule has 0 saturated heterocycles. The highest BCUT2D eigenvalue weighted by Crippen LogP contribution is 2.24. The number of carbonyl (C=O) groups excluding carboxylic acids is 1. The third kappa shape index (κ3) is 3.80. The van der Waals surface area contributed by atoms with Crippen LogP contribution in [0.5, 0.6) is 0 Å². The highest BCUT2D eigenvalue weighted by Gasteiger charge is 2.25. The van der Waals surface area contributed by atoms with E-state index in [2.05, 4.69) is 23.5 Å². The normalized spacial score (nSPS) is 22.5. The molecule has 2 rings (SSSR count). The maximum Gasteiger partial charge on any atom is 0.224 e. The Morgan fingerprint density at radius 1 is 1.37 bits per heavy atom. The van der Waals surface area contributed by atoms with E-state index < -0.39 is 0 Å². The molecule has 104 valence electrons. The zero-order chi connectivity index (χ0) is 13.8. The summed E-state index contributed by atoms with van der Waals surface area (Å²) in [5.41, 5.74) is 3.42. The predicted octanol–water partition coefficient (Wildman–Crippen LogP) is 2.12. The lowest BCUT2D eigenvalue weighted by Gasteiger charge is -2.15. The molecule has 1 saturated carbocycles. The Balaban J connectivity index is 1.85. The summed E-state index contributed by atoms with van der Waals surface area (Å²) in [5, 5.41) is 12.7. The Bertz CT molecular complexity index is 456. The molecule has 0 spiro atoms. The lowest BCUT2D eigenvalue weighted by atomic mass is 10.0. The first kappa shape index (κ1) is 14.1. The van der Waals surface area contributed by atoms with Crippen LogP contribution in [0, 0.1) is 19.8 Å². The van der Waals surface area contributed by atoms with E-state index in [0.717, 1.165) is 30.4 Å². The summed E-state index contributed by atoms with van der Waals surface area (Å²) in [7, 11) is 0. The first-order valence-corrected chi connectivity index (χ1v) is 7.07. The van der Waals surface area contributed by atoms with Gasteiger partial charge in [0.1, 0.15) is 0 Å². The van der Waals surface area contributed by atoms with Crippen LogP contribution in [0.2, 0.25) is 0 Å². The molecule has 19 heavy (non-hydrogen) atoms. The highest BCUT2D eigenvalue weighted by atomic mass is 16.3. The molecule has 3 heteroatoms. The van der Waals surface area contributed by atoms with Crippen molar-refractivity contribution in [2.45, 2.75) is 45.6 Å². The number of benzene rings is 1. The van der Waals surface area contributed by atoms with Crippen molar-refractivity contribution in [3.05, 3.63) is 34.9 Å². The maximum atomic E-state index is 11.9. The van der Waals surface area contributed by atoms with Crippen LogP contribution in [0.1, 0.15) is 36.0 Å². The van der Waals surface area contributed by atoms with Crippen molar-refractivity contribution in [1.29, 1.82) is 0 Å². The SMILES string of the molecule is Cc1ccc(C)c(CC(=O)NCC2CCCC2O)c1. The van der Waals surface area contributed by atoms with E-state index in [-0.39, 0.29) is 17.9 Å². The second-order valence-electron chi connectivity index (χ2n) is 5.67. The van der Waals surface area contributed by atoms with E-state index in [9.17, 15) is 9.90 Å². The van der Waals surface area contributed by atoms with Crippen molar-refractivity contribution < 1.29 is 9.90 Å². The van der Waals surface area contributed by atoms with Gasteiger partial charge in [-0.1, -0.05) is 30.2 Å². The monoisotopic (exact) mass is 261 g/mol. The van der Waals surface area contributed by atoms with Crippen LogP contribution in [0.15, 0.2) is 18.2 Å². The van der Waals surface area contributed by atoms with Gasteiger partial charge < -0.3 is 10.4 Å². The van der Waals surface area contributed by atoms with Gasteiger partial charge in [-0.3, -0.25) is 4.79 Å². The molecule has 2 N–H and O–H groups in total. The lowest BCUT2D eigenvalue weighted by molar-refractivity contribution is -0.120. The summed E-state index contributed by atoms with van der Waals surface area (Å²) in [4.78, 5) is 11.9. The highest BCUT2D eigenvalue weighted by molar-refractivity contribution is 5.79. The molecule has 2 unspecified atom stereocenters. The molecule has 0 aromatic heterocycles. The van der Waals surface area contributed by atoms with Crippen molar-refractivity contribution in [1.82, 2.24) is 5.32 Å². The molecule has 1 fully saturated rings. The number of carbonyl (C=O) groups is 1. The average molecular weight is 261 g/mol. The number of hydrogen-bond donors (Lipinski definition) is 2. The van der Waals surface area contributed by atoms with Crippen molar-refractivity contribution in [2.75, 3.05) is 6.54 Å². The van der Waals surface area contributed by atoms with Crippen molar-refractivity contribution in [3.8, 4) is 0 Å². The molecule has 0 radical (unpaired) electrons. The summed E-state index contributed by atoms with van der Waals surface area (Å²) >= 11 is 0. The molecule has 2 atom stereocenters. The van der Waals surface area contributed by atoms with E-state index in [1.807, 2.05) is 13.8 Å². The van der Waals surface area contributed by atoms with Gasteiger partial charge in [0.05, 0.1) is 12.5 Å². The van der Waals surface area contributed by atoms with Gasteiger partial charge in [0.25, 0.3) is 0 Å². The van der Waals surface area contributed by atoms with Gasteiger partial charge in [-0.2, -0.15) is 0 Å². The third-order valence-electron chi connectivity index (χ3n) is 4.04. The Kier molecular flexibility index (Phi) is 4.59. The second kappa shape index (κ2) is 6.20. The summed E-state index contributed by atoms with van der Waals surface area (Å²) in [6, 6.07) is 6.18. The minimum absolute atomic E-state index is 0.0489. The van der Waals surface area contributed by atoms with E-state index in [4.69, 9.17) is 0 Å². The van der Waals surface area contributed by atoms with Gasteiger partial charge >= 0.3 is 0 Å². The molecule has 3 nitrogen and oxygen atoms in total. The van der Waals surface area contributed by atoms with Crippen LogP contribution in [0.25, 0.3) is 0 Å². The fourth-order valence-electron chi connectivity index (χ4n) is 2.73. The molecule has 1 aromatic carbocycles. The Morgan fingerprint density at radius 2 is 2.16 bits per heavy atom. The van der Waals surface area contributed by atoms with Gasteiger partial charge in [0.2, 0.25) is 5.91 Å². The Morgan fingerprint density at radius 3 is 2.84 bits per heavy atom. The van der Waals surface area contributed by atoms with Crippen molar-refractivity contribution >= 4 is 5.91 Å². The van der Waals surface area contributed by atoms with Gasteiger partial charge in [-0.15, -0.1) is 0 Å². The second-order valence-corrected chi connectivity index (χ2v) is 5.67. The molecule has 1 aliphatic carbocycles. The van der Waals surface area contributed by atoms with Gasteiger partial charge in [0, 0.05) is 12.5 Å². The van der Waals surface area contributed by atoms with Crippen LogP contribution in [-0.4, -0.2) is 23.7 Å². The topological polar surface area (TPSA) is 49.3 Å². The third-order valence-corrected chi connectivity index (χ3v) is 4.04. The zero-order valence-corrected chi connectivity index (χ0v) is 11.8. The standard InChI is InChI=1S/C16H23NO2/c1-11-6-7-12(2)14(8-11)9-16(19)17-10-13-4-3-5-15(13)18/h6-8,13,15,18H,3-5,9-10H2,1-2H3,(H,17,19). The summed E-state index contributed by atoms with van der Waals surface area (Å²) < 4.78 is 0. The number of amides is 1. The largest absolute Gasteiger partial charge is 0.393 e. The van der Waals surface area contributed by atoms with E-state index in [0.29, 0.717) is 13.0 Å². The van der Waals surface area contributed by atoms with E-state index >= 15 is 0 Å². The maximum absolute atomic E-state index is 11.9.